The van der Waals surface area contributed by atoms with Gasteiger partial charge in [0.05, 0.1) is 17.4 Å². The second kappa shape index (κ2) is 5.57. The highest BCUT2D eigenvalue weighted by atomic mass is 15.1. The molecule has 0 spiro atoms. The molecule has 1 heterocycles. The summed E-state index contributed by atoms with van der Waals surface area (Å²) in [5.74, 6) is 2.31. The molecule has 1 fully saturated rings. The molecular formula is C17H25N3. The molecule has 108 valence electrons. The number of benzene rings is 1. The highest BCUT2D eigenvalue weighted by Gasteiger charge is 2.28. The molecule has 1 aromatic heterocycles. The number of hydrogen-bond acceptors (Lipinski definition) is 2. The van der Waals surface area contributed by atoms with Crippen molar-refractivity contribution in [1.82, 2.24) is 9.55 Å². The monoisotopic (exact) mass is 271 g/mol. The minimum atomic E-state index is 0.238. The van der Waals surface area contributed by atoms with Crippen LogP contribution in [0.4, 0.5) is 0 Å². The lowest BCUT2D eigenvalue weighted by Crippen LogP contribution is -2.38. The molecule has 1 aliphatic carbocycles. The van der Waals surface area contributed by atoms with Gasteiger partial charge in [0, 0.05) is 12.6 Å². The molecule has 1 aromatic carbocycles. The van der Waals surface area contributed by atoms with Gasteiger partial charge < -0.3 is 10.3 Å². The Balaban J connectivity index is 1.71. The normalized spacial score (nSPS) is 28.6. The second-order valence-electron chi connectivity index (χ2n) is 6.58. The van der Waals surface area contributed by atoms with Crippen molar-refractivity contribution in [3.8, 4) is 0 Å². The third-order valence-corrected chi connectivity index (χ3v) is 5.18. The first-order valence-corrected chi connectivity index (χ1v) is 7.80. The molecule has 1 saturated carbocycles. The minimum absolute atomic E-state index is 0.238. The summed E-state index contributed by atoms with van der Waals surface area (Å²) < 4.78 is 2.21. The smallest absolute Gasteiger partial charge is 0.0958 e. The van der Waals surface area contributed by atoms with E-state index in [9.17, 15) is 0 Å². The molecule has 0 amide bonds. The summed E-state index contributed by atoms with van der Waals surface area (Å²) in [5.41, 5.74) is 8.74. The highest BCUT2D eigenvalue weighted by Crippen LogP contribution is 2.35. The van der Waals surface area contributed by atoms with E-state index in [0.29, 0.717) is 5.92 Å². The predicted octanol–water partition coefficient (Wildman–Crippen LogP) is 3.44. The zero-order chi connectivity index (χ0) is 14.1. The van der Waals surface area contributed by atoms with Gasteiger partial charge in [0.25, 0.3) is 0 Å². The number of hydrogen-bond donors (Lipinski definition) is 1. The third kappa shape index (κ3) is 2.59. The number of rotatable bonds is 3. The lowest BCUT2D eigenvalue weighted by atomic mass is 9.73. The summed E-state index contributed by atoms with van der Waals surface area (Å²) in [6, 6.07) is 8.52. The quantitative estimate of drug-likeness (QED) is 0.929. The van der Waals surface area contributed by atoms with E-state index in [4.69, 9.17) is 5.73 Å². The van der Waals surface area contributed by atoms with Crippen LogP contribution in [0.5, 0.6) is 0 Å². The Kier molecular flexibility index (Phi) is 3.79. The molecule has 3 heteroatoms. The first kappa shape index (κ1) is 13.6. The van der Waals surface area contributed by atoms with E-state index < -0.39 is 0 Å². The van der Waals surface area contributed by atoms with Gasteiger partial charge in [-0.25, -0.2) is 4.98 Å². The van der Waals surface area contributed by atoms with E-state index >= 15 is 0 Å². The average molecular weight is 271 g/mol. The van der Waals surface area contributed by atoms with Crippen molar-refractivity contribution < 1.29 is 0 Å². The van der Waals surface area contributed by atoms with Crippen molar-refractivity contribution in [3.63, 3.8) is 0 Å². The van der Waals surface area contributed by atoms with Crippen molar-refractivity contribution in [2.24, 2.45) is 23.5 Å². The maximum atomic E-state index is 6.49. The summed E-state index contributed by atoms with van der Waals surface area (Å²) >= 11 is 0. The summed E-state index contributed by atoms with van der Waals surface area (Å²) in [7, 11) is 0. The predicted molar refractivity (Wildman–Crippen MR) is 83.4 cm³/mol. The second-order valence-corrected chi connectivity index (χ2v) is 6.58. The maximum Gasteiger partial charge on any atom is 0.0958 e. The fraction of sp³-hybridized carbons (Fsp3) is 0.588. The maximum absolute atomic E-state index is 6.49. The number of para-hydroxylation sites is 2. The van der Waals surface area contributed by atoms with Gasteiger partial charge in [0.2, 0.25) is 0 Å². The van der Waals surface area contributed by atoms with Gasteiger partial charge in [-0.05, 0) is 42.7 Å². The Morgan fingerprint density at radius 2 is 2.05 bits per heavy atom. The van der Waals surface area contributed by atoms with Crippen LogP contribution in [0.15, 0.2) is 30.6 Å². The van der Waals surface area contributed by atoms with Gasteiger partial charge in [0.1, 0.15) is 0 Å². The van der Waals surface area contributed by atoms with Gasteiger partial charge in [0.15, 0.2) is 0 Å². The van der Waals surface area contributed by atoms with Crippen molar-refractivity contribution in [3.05, 3.63) is 30.6 Å². The molecular weight excluding hydrogens is 246 g/mol. The topological polar surface area (TPSA) is 43.8 Å². The van der Waals surface area contributed by atoms with Crippen LogP contribution in [0.25, 0.3) is 11.0 Å². The van der Waals surface area contributed by atoms with Gasteiger partial charge in [-0.15, -0.1) is 0 Å². The van der Waals surface area contributed by atoms with Crippen LogP contribution in [0.3, 0.4) is 0 Å². The van der Waals surface area contributed by atoms with Gasteiger partial charge in [-0.2, -0.15) is 0 Å². The summed E-state index contributed by atoms with van der Waals surface area (Å²) in [6.45, 7) is 5.62. The summed E-state index contributed by atoms with van der Waals surface area (Å²) in [5, 5.41) is 0. The van der Waals surface area contributed by atoms with Crippen molar-refractivity contribution >= 4 is 11.0 Å². The number of aromatic nitrogens is 2. The van der Waals surface area contributed by atoms with E-state index in [2.05, 4.69) is 41.6 Å². The highest BCUT2D eigenvalue weighted by molar-refractivity contribution is 5.74. The number of nitrogens with zero attached hydrogens (tertiary/aromatic N) is 2. The van der Waals surface area contributed by atoms with Crippen LogP contribution in [-0.4, -0.2) is 15.6 Å². The fourth-order valence-corrected chi connectivity index (χ4v) is 3.51. The van der Waals surface area contributed by atoms with Crippen molar-refractivity contribution in [2.45, 2.75) is 45.7 Å². The standard InChI is InChI=1S/C17H25N3/c1-12-7-8-14(9-13(12)2)15(18)10-20-11-19-16-5-3-4-6-17(16)20/h3-6,11-15H,7-10,18H2,1-2H3. The Morgan fingerprint density at radius 3 is 2.85 bits per heavy atom. The molecule has 20 heavy (non-hydrogen) atoms. The fourth-order valence-electron chi connectivity index (χ4n) is 3.51. The molecule has 0 radical (unpaired) electrons. The lowest BCUT2D eigenvalue weighted by molar-refractivity contribution is 0.179. The van der Waals surface area contributed by atoms with Crippen molar-refractivity contribution in [1.29, 1.82) is 0 Å². The molecule has 0 bridgehead atoms. The summed E-state index contributed by atoms with van der Waals surface area (Å²) in [4.78, 5) is 4.45. The zero-order valence-electron chi connectivity index (χ0n) is 12.5. The molecule has 0 aliphatic heterocycles. The van der Waals surface area contributed by atoms with Gasteiger partial charge in [-0.1, -0.05) is 32.4 Å². The largest absolute Gasteiger partial charge is 0.329 e. The molecule has 2 N–H and O–H groups in total. The third-order valence-electron chi connectivity index (χ3n) is 5.18. The Hall–Kier alpha value is -1.35. The van der Waals surface area contributed by atoms with E-state index in [1.165, 1.54) is 24.8 Å². The first-order chi connectivity index (χ1) is 9.65. The Morgan fingerprint density at radius 1 is 1.25 bits per heavy atom. The molecule has 3 nitrogen and oxygen atoms in total. The molecule has 4 atom stereocenters. The zero-order valence-corrected chi connectivity index (χ0v) is 12.5. The number of fused-ring (bicyclic) bond motifs is 1. The minimum Gasteiger partial charge on any atom is -0.329 e. The van der Waals surface area contributed by atoms with Crippen LogP contribution in [0.2, 0.25) is 0 Å². The average Bonchev–Trinajstić information content (AvgIpc) is 2.85. The molecule has 1 aliphatic rings. The van der Waals surface area contributed by atoms with Crippen LogP contribution in [0, 0.1) is 17.8 Å². The number of imidazole rings is 1. The number of nitrogens with two attached hydrogens (primary N) is 1. The summed E-state index contributed by atoms with van der Waals surface area (Å²) in [6.07, 6.45) is 5.80. The van der Waals surface area contributed by atoms with Crippen LogP contribution in [-0.2, 0) is 6.54 Å². The van der Waals surface area contributed by atoms with Crippen LogP contribution >= 0.6 is 0 Å². The molecule has 2 aromatic rings. The van der Waals surface area contributed by atoms with Gasteiger partial charge in [-0.3, -0.25) is 0 Å². The molecule has 3 rings (SSSR count). The van der Waals surface area contributed by atoms with E-state index in [1.807, 2.05) is 12.4 Å². The lowest BCUT2D eigenvalue weighted by Gasteiger charge is -2.35. The van der Waals surface area contributed by atoms with E-state index in [-0.39, 0.29) is 6.04 Å². The first-order valence-electron chi connectivity index (χ1n) is 7.80. The van der Waals surface area contributed by atoms with Crippen molar-refractivity contribution in [2.75, 3.05) is 0 Å². The van der Waals surface area contributed by atoms with Crippen LogP contribution in [0.1, 0.15) is 33.1 Å². The van der Waals surface area contributed by atoms with E-state index in [1.54, 1.807) is 0 Å². The molecule has 0 saturated heterocycles. The SMILES string of the molecule is CC1CCC(C(N)Cn2cnc3ccccc32)CC1C. The Labute approximate surface area is 121 Å². The Bertz CT molecular complexity index is 574. The molecule has 4 unspecified atom stereocenters. The van der Waals surface area contributed by atoms with E-state index in [0.717, 1.165) is 23.9 Å². The van der Waals surface area contributed by atoms with Gasteiger partial charge >= 0.3 is 0 Å². The van der Waals surface area contributed by atoms with Crippen LogP contribution < -0.4 is 5.73 Å².